The van der Waals surface area contributed by atoms with E-state index in [1.165, 1.54) is 11.3 Å². The first-order valence-electron chi connectivity index (χ1n) is 6.32. The molecule has 0 spiro atoms. The van der Waals surface area contributed by atoms with Crippen LogP contribution in [0.4, 0.5) is 0 Å². The average Bonchev–Trinajstić information content (AvgIpc) is 2.45. The Hall–Kier alpha value is -0.870. The summed E-state index contributed by atoms with van der Waals surface area (Å²) in [6.07, 6.45) is 1.17. The van der Waals surface area contributed by atoms with Crippen molar-refractivity contribution in [3.63, 3.8) is 0 Å². The number of aromatic nitrogens is 2. The molecule has 0 amide bonds. The van der Waals surface area contributed by atoms with Crippen LogP contribution in [0.2, 0.25) is 0 Å². The van der Waals surface area contributed by atoms with Crippen molar-refractivity contribution in [1.82, 2.24) is 9.78 Å². The molecule has 4 heteroatoms. The summed E-state index contributed by atoms with van der Waals surface area (Å²) >= 11 is 0. The van der Waals surface area contributed by atoms with Gasteiger partial charge in [0, 0.05) is 11.7 Å². The molecule has 0 aliphatic rings. The Bertz CT molecular complexity index is 356. The van der Waals surface area contributed by atoms with Crippen LogP contribution >= 0.6 is 0 Å². The highest BCUT2D eigenvalue weighted by Crippen LogP contribution is 2.14. The van der Waals surface area contributed by atoms with Gasteiger partial charge in [0.25, 0.3) is 0 Å². The number of rotatable bonds is 6. The second-order valence-electron chi connectivity index (χ2n) is 4.97. The van der Waals surface area contributed by atoms with Gasteiger partial charge in [0.2, 0.25) is 0 Å². The fraction of sp³-hybridized carbons (Fsp3) is 0.769. The van der Waals surface area contributed by atoms with Crippen LogP contribution in [0.15, 0.2) is 0 Å². The third-order valence-corrected chi connectivity index (χ3v) is 2.81. The lowest BCUT2D eigenvalue weighted by Gasteiger charge is -2.09. The first-order chi connectivity index (χ1) is 7.91. The highest BCUT2D eigenvalue weighted by Gasteiger charge is 2.12. The van der Waals surface area contributed by atoms with E-state index in [4.69, 9.17) is 10.5 Å². The minimum absolute atomic E-state index is 0.178. The average molecular weight is 239 g/mol. The summed E-state index contributed by atoms with van der Waals surface area (Å²) in [7, 11) is 0. The topological polar surface area (TPSA) is 53.1 Å². The molecule has 98 valence electrons. The van der Waals surface area contributed by atoms with Gasteiger partial charge in [0.15, 0.2) is 0 Å². The zero-order chi connectivity index (χ0) is 13.0. The highest BCUT2D eigenvalue weighted by atomic mass is 16.5. The molecule has 1 aromatic heterocycles. The summed E-state index contributed by atoms with van der Waals surface area (Å²) in [5.74, 6) is 0. The Labute approximate surface area is 104 Å². The maximum absolute atomic E-state index is 5.85. The lowest BCUT2D eigenvalue weighted by Crippen LogP contribution is -2.19. The molecule has 17 heavy (non-hydrogen) atoms. The molecular formula is C13H25N3O. The zero-order valence-electron chi connectivity index (χ0n) is 11.7. The summed E-state index contributed by atoms with van der Waals surface area (Å²) in [5, 5.41) is 4.54. The molecule has 0 aromatic carbocycles. The number of aryl methyl sites for hydroxylation is 1. The summed E-state index contributed by atoms with van der Waals surface area (Å²) in [6.45, 7) is 11.8. The van der Waals surface area contributed by atoms with Crippen molar-refractivity contribution in [3.8, 4) is 0 Å². The Morgan fingerprint density at radius 2 is 1.94 bits per heavy atom. The SMILES string of the molecule is Cc1nn(CCOC(C)C)c(C)c1CC(C)N. The molecule has 1 rings (SSSR count). The van der Waals surface area contributed by atoms with Crippen LogP contribution in [0, 0.1) is 13.8 Å². The normalized spacial score (nSPS) is 13.4. The van der Waals surface area contributed by atoms with Gasteiger partial charge in [-0.25, -0.2) is 0 Å². The van der Waals surface area contributed by atoms with Crippen LogP contribution in [-0.2, 0) is 17.7 Å². The smallest absolute Gasteiger partial charge is 0.0666 e. The van der Waals surface area contributed by atoms with Gasteiger partial charge in [-0.2, -0.15) is 5.10 Å². The van der Waals surface area contributed by atoms with E-state index in [2.05, 4.69) is 12.0 Å². The molecule has 4 nitrogen and oxygen atoms in total. The Balaban J connectivity index is 2.67. The maximum Gasteiger partial charge on any atom is 0.0666 e. The fourth-order valence-electron chi connectivity index (χ4n) is 1.94. The molecule has 1 heterocycles. The molecule has 0 aliphatic carbocycles. The molecule has 0 fully saturated rings. The second-order valence-corrected chi connectivity index (χ2v) is 4.97. The van der Waals surface area contributed by atoms with Crippen molar-refractivity contribution < 1.29 is 4.74 Å². The van der Waals surface area contributed by atoms with Crippen LogP contribution in [0.25, 0.3) is 0 Å². The highest BCUT2D eigenvalue weighted by molar-refractivity contribution is 5.25. The number of nitrogens with zero attached hydrogens (tertiary/aromatic N) is 2. The molecule has 1 atom stereocenters. The first-order valence-corrected chi connectivity index (χ1v) is 6.32. The standard InChI is InChI=1S/C13H25N3O/c1-9(2)17-7-6-16-12(5)13(8-10(3)14)11(4)15-16/h9-10H,6-8,14H2,1-5H3. The summed E-state index contributed by atoms with van der Waals surface area (Å²) in [6, 6.07) is 0.178. The van der Waals surface area contributed by atoms with Crippen molar-refractivity contribution in [2.24, 2.45) is 5.73 Å². The van der Waals surface area contributed by atoms with Gasteiger partial charge in [-0.15, -0.1) is 0 Å². The third-order valence-electron chi connectivity index (χ3n) is 2.81. The second kappa shape index (κ2) is 6.17. The first kappa shape index (κ1) is 14.2. The quantitative estimate of drug-likeness (QED) is 0.823. The number of nitrogens with two attached hydrogens (primary N) is 1. The van der Waals surface area contributed by atoms with Crippen molar-refractivity contribution >= 4 is 0 Å². The van der Waals surface area contributed by atoms with Gasteiger partial charge < -0.3 is 10.5 Å². The van der Waals surface area contributed by atoms with E-state index < -0.39 is 0 Å². The van der Waals surface area contributed by atoms with E-state index in [-0.39, 0.29) is 12.1 Å². The molecule has 0 aliphatic heterocycles. The Morgan fingerprint density at radius 1 is 1.29 bits per heavy atom. The predicted octanol–water partition coefficient (Wildman–Crippen LogP) is 1.81. The molecule has 0 bridgehead atoms. The van der Waals surface area contributed by atoms with Gasteiger partial charge in [0.1, 0.15) is 0 Å². The molecular weight excluding hydrogens is 214 g/mol. The predicted molar refractivity (Wildman–Crippen MR) is 70.1 cm³/mol. The number of hydrogen-bond acceptors (Lipinski definition) is 3. The van der Waals surface area contributed by atoms with E-state index in [1.54, 1.807) is 0 Å². The summed E-state index contributed by atoms with van der Waals surface area (Å²) in [5.41, 5.74) is 9.43. The lowest BCUT2D eigenvalue weighted by atomic mass is 10.1. The van der Waals surface area contributed by atoms with Gasteiger partial charge in [0.05, 0.1) is 24.9 Å². The minimum Gasteiger partial charge on any atom is -0.377 e. The molecule has 1 unspecified atom stereocenters. The van der Waals surface area contributed by atoms with E-state index in [1.807, 2.05) is 32.4 Å². The third kappa shape index (κ3) is 4.13. The molecule has 0 radical (unpaired) electrons. The van der Waals surface area contributed by atoms with Crippen molar-refractivity contribution in [2.45, 2.75) is 59.7 Å². The van der Waals surface area contributed by atoms with Gasteiger partial charge >= 0.3 is 0 Å². The van der Waals surface area contributed by atoms with E-state index >= 15 is 0 Å². The molecule has 0 saturated carbocycles. The summed E-state index contributed by atoms with van der Waals surface area (Å²) < 4.78 is 7.57. The van der Waals surface area contributed by atoms with Gasteiger partial charge in [-0.05, 0) is 46.6 Å². The molecule has 1 aromatic rings. The van der Waals surface area contributed by atoms with E-state index in [0.29, 0.717) is 6.61 Å². The van der Waals surface area contributed by atoms with E-state index in [0.717, 1.165) is 18.7 Å². The molecule has 0 saturated heterocycles. The van der Waals surface area contributed by atoms with Crippen LogP contribution in [0.5, 0.6) is 0 Å². The zero-order valence-corrected chi connectivity index (χ0v) is 11.7. The monoisotopic (exact) mass is 239 g/mol. The number of ether oxygens (including phenoxy) is 1. The maximum atomic E-state index is 5.85. The number of hydrogen-bond donors (Lipinski definition) is 1. The van der Waals surface area contributed by atoms with Gasteiger partial charge in [-0.3, -0.25) is 4.68 Å². The fourth-order valence-corrected chi connectivity index (χ4v) is 1.94. The molecule has 2 N–H and O–H groups in total. The van der Waals surface area contributed by atoms with Crippen molar-refractivity contribution in [3.05, 3.63) is 17.0 Å². The van der Waals surface area contributed by atoms with Crippen LogP contribution in [-0.4, -0.2) is 28.5 Å². The van der Waals surface area contributed by atoms with Crippen molar-refractivity contribution in [2.75, 3.05) is 6.61 Å². The summed E-state index contributed by atoms with van der Waals surface area (Å²) in [4.78, 5) is 0. The largest absolute Gasteiger partial charge is 0.377 e. The van der Waals surface area contributed by atoms with Crippen LogP contribution in [0.1, 0.15) is 37.7 Å². The Morgan fingerprint density at radius 3 is 2.47 bits per heavy atom. The van der Waals surface area contributed by atoms with Crippen molar-refractivity contribution in [1.29, 1.82) is 0 Å². The lowest BCUT2D eigenvalue weighted by molar-refractivity contribution is 0.0706. The van der Waals surface area contributed by atoms with Gasteiger partial charge in [-0.1, -0.05) is 0 Å². The van der Waals surface area contributed by atoms with Crippen LogP contribution < -0.4 is 5.73 Å². The minimum atomic E-state index is 0.178. The van der Waals surface area contributed by atoms with Crippen LogP contribution in [0.3, 0.4) is 0 Å². The Kier molecular flexibility index (Phi) is 5.15. The van der Waals surface area contributed by atoms with E-state index in [9.17, 15) is 0 Å².